The molecule has 0 saturated heterocycles. The lowest BCUT2D eigenvalue weighted by Crippen LogP contribution is -2.36. The summed E-state index contributed by atoms with van der Waals surface area (Å²) in [5.41, 5.74) is -5.10. The van der Waals surface area contributed by atoms with Gasteiger partial charge in [0.15, 0.2) is 0 Å². The van der Waals surface area contributed by atoms with Gasteiger partial charge in [0.25, 0.3) is 0 Å². The first-order valence-electron chi connectivity index (χ1n) is 6.77. The highest BCUT2D eigenvalue weighted by Crippen LogP contribution is 2.31. The van der Waals surface area contributed by atoms with Gasteiger partial charge in [0.1, 0.15) is 5.76 Å². The maximum absolute atomic E-state index is 12.5. The molecule has 1 aromatic rings. The number of alkyl halides is 3. The molecule has 10 heteroatoms. The quantitative estimate of drug-likeness (QED) is 0.463. The standard InChI is InChI=1S/C14H14F3NO5S/c1-22-13(19)11-9-18(10-5-3-2-4-6-10)8-7-12(11)23-24(20,21)14(15,16)17/h2-6H,7-9H2,1H3. The van der Waals surface area contributed by atoms with E-state index in [1.807, 2.05) is 0 Å². The summed E-state index contributed by atoms with van der Waals surface area (Å²) in [6, 6.07) is 8.82. The van der Waals surface area contributed by atoms with Gasteiger partial charge in [0.05, 0.1) is 19.2 Å². The lowest BCUT2D eigenvalue weighted by Gasteiger charge is -2.31. The van der Waals surface area contributed by atoms with Crippen molar-refractivity contribution in [3.8, 4) is 0 Å². The van der Waals surface area contributed by atoms with Crippen LogP contribution in [-0.2, 0) is 23.8 Å². The van der Waals surface area contributed by atoms with E-state index in [2.05, 4.69) is 8.92 Å². The van der Waals surface area contributed by atoms with Crippen molar-refractivity contribution in [2.75, 3.05) is 25.1 Å². The van der Waals surface area contributed by atoms with Gasteiger partial charge in [-0.25, -0.2) is 4.79 Å². The van der Waals surface area contributed by atoms with Gasteiger partial charge in [-0.15, -0.1) is 0 Å². The molecule has 24 heavy (non-hydrogen) atoms. The van der Waals surface area contributed by atoms with Crippen LogP contribution >= 0.6 is 0 Å². The van der Waals surface area contributed by atoms with Gasteiger partial charge < -0.3 is 13.8 Å². The Hall–Kier alpha value is -2.23. The lowest BCUT2D eigenvalue weighted by molar-refractivity contribution is -0.136. The summed E-state index contributed by atoms with van der Waals surface area (Å²) in [6.45, 7) is 0.0621. The third-order valence-electron chi connectivity index (χ3n) is 3.34. The molecule has 0 amide bonds. The van der Waals surface area contributed by atoms with E-state index in [9.17, 15) is 26.4 Å². The van der Waals surface area contributed by atoms with E-state index >= 15 is 0 Å². The first-order chi connectivity index (χ1) is 11.2. The maximum Gasteiger partial charge on any atom is 0.534 e. The van der Waals surface area contributed by atoms with Crippen LogP contribution < -0.4 is 4.90 Å². The minimum atomic E-state index is -5.84. The molecule has 1 aliphatic rings. The molecule has 0 aliphatic carbocycles. The SMILES string of the molecule is COC(=O)C1=C(OS(=O)(=O)C(F)(F)F)CCN(c2ccccc2)C1. The van der Waals surface area contributed by atoms with Gasteiger partial charge in [-0.3, -0.25) is 0 Å². The predicted molar refractivity (Wildman–Crippen MR) is 78.4 cm³/mol. The number of hydrogen-bond acceptors (Lipinski definition) is 6. The molecule has 0 atom stereocenters. The number of benzene rings is 1. The van der Waals surface area contributed by atoms with Gasteiger partial charge in [0.2, 0.25) is 0 Å². The molecule has 0 aromatic heterocycles. The Bertz CT molecular complexity index is 743. The summed E-state index contributed by atoms with van der Waals surface area (Å²) >= 11 is 0. The van der Waals surface area contributed by atoms with E-state index in [-0.39, 0.29) is 25.1 Å². The summed E-state index contributed by atoms with van der Waals surface area (Å²) in [4.78, 5) is 13.5. The number of anilines is 1. The Morgan fingerprint density at radius 3 is 2.38 bits per heavy atom. The molecule has 0 N–H and O–H groups in total. The first-order valence-corrected chi connectivity index (χ1v) is 8.17. The molecule has 0 radical (unpaired) electrons. The zero-order valence-electron chi connectivity index (χ0n) is 12.5. The molecule has 1 aliphatic heterocycles. The van der Waals surface area contributed by atoms with Crippen molar-refractivity contribution in [2.24, 2.45) is 0 Å². The van der Waals surface area contributed by atoms with E-state index in [0.717, 1.165) is 12.8 Å². The minimum absolute atomic E-state index is 0.126. The van der Waals surface area contributed by atoms with Crippen molar-refractivity contribution in [1.82, 2.24) is 0 Å². The monoisotopic (exact) mass is 365 g/mol. The highest BCUT2D eigenvalue weighted by atomic mass is 32.2. The second kappa shape index (κ2) is 6.71. The van der Waals surface area contributed by atoms with E-state index in [4.69, 9.17) is 0 Å². The second-order valence-corrected chi connectivity index (χ2v) is 6.42. The summed E-state index contributed by atoms with van der Waals surface area (Å²) in [5, 5.41) is 0. The van der Waals surface area contributed by atoms with Crippen LogP contribution in [0, 0.1) is 0 Å². The van der Waals surface area contributed by atoms with Crippen LogP contribution in [0.2, 0.25) is 0 Å². The van der Waals surface area contributed by atoms with Crippen LogP contribution in [0.25, 0.3) is 0 Å². The fraction of sp³-hybridized carbons (Fsp3) is 0.357. The van der Waals surface area contributed by atoms with Crippen LogP contribution in [-0.4, -0.2) is 40.1 Å². The minimum Gasteiger partial charge on any atom is -0.466 e. The number of carbonyl (C=O) groups is 1. The van der Waals surface area contributed by atoms with E-state index in [1.165, 1.54) is 0 Å². The van der Waals surface area contributed by atoms with Crippen LogP contribution in [0.3, 0.4) is 0 Å². The Morgan fingerprint density at radius 2 is 1.83 bits per heavy atom. The fourth-order valence-electron chi connectivity index (χ4n) is 2.18. The molecule has 0 unspecified atom stereocenters. The maximum atomic E-state index is 12.5. The van der Waals surface area contributed by atoms with Crippen molar-refractivity contribution in [2.45, 2.75) is 11.9 Å². The van der Waals surface area contributed by atoms with Crippen LogP contribution in [0.15, 0.2) is 41.7 Å². The van der Waals surface area contributed by atoms with Crippen molar-refractivity contribution in [3.63, 3.8) is 0 Å². The zero-order valence-corrected chi connectivity index (χ0v) is 13.4. The smallest absolute Gasteiger partial charge is 0.466 e. The predicted octanol–water partition coefficient (Wildman–Crippen LogP) is 2.19. The van der Waals surface area contributed by atoms with Gasteiger partial charge >= 0.3 is 21.6 Å². The van der Waals surface area contributed by atoms with Gasteiger partial charge in [0, 0.05) is 18.7 Å². The Labute approximate surface area is 136 Å². The Balaban J connectivity index is 2.34. The van der Waals surface area contributed by atoms with Gasteiger partial charge in [-0.1, -0.05) is 18.2 Å². The number of hydrogen-bond donors (Lipinski definition) is 0. The highest BCUT2D eigenvalue weighted by Gasteiger charge is 2.49. The molecule has 132 valence electrons. The topological polar surface area (TPSA) is 72.9 Å². The Morgan fingerprint density at radius 1 is 1.21 bits per heavy atom. The molecular formula is C14H14F3NO5S. The third kappa shape index (κ3) is 3.81. The molecule has 2 rings (SSSR count). The average molecular weight is 365 g/mol. The number of ether oxygens (including phenoxy) is 1. The molecule has 6 nitrogen and oxygen atoms in total. The third-order valence-corrected chi connectivity index (χ3v) is 4.33. The number of halogens is 3. The number of methoxy groups -OCH3 is 1. The van der Waals surface area contributed by atoms with E-state index in [0.29, 0.717) is 0 Å². The fourth-order valence-corrected chi connectivity index (χ4v) is 2.72. The number of nitrogens with zero attached hydrogens (tertiary/aromatic N) is 1. The highest BCUT2D eigenvalue weighted by molar-refractivity contribution is 7.87. The molecule has 1 heterocycles. The molecule has 0 bridgehead atoms. The number of rotatable bonds is 4. The van der Waals surface area contributed by atoms with Crippen molar-refractivity contribution >= 4 is 21.8 Å². The van der Waals surface area contributed by atoms with Gasteiger partial charge in [-0.2, -0.15) is 21.6 Å². The number of para-hydroxylation sites is 1. The zero-order chi connectivity index (χ0) is 18.0. The summed E-state index contributed by atoms with van der Waals surface area (Å²) < 4.78 is 68.5. The summed E-state index contributed by atoms with van der Waals surface area (Å²) in [6.07, 6.45) is -0.186. The van der Waals surface area contributed by atoms with Crippen molar-refractivity contribution in [3.05, 3.63) is 41.7 Å². The average Bonchev–Trinajstić information content (AvgIpc) is 2.54. The van der Waals surface area contributed by atoms with Crippen LogP contribution in [0.1, 0.15) is 6.42 Å². The molecule has 0 fully saturated rings. The van der Waals surface area contributed by atoms with Crippen molar-refractivity contribution in [1.29, 1.82) is 0 Å². The van der Waals surface area contributed by atoms with E-state index < -0.39 is 27.4 Å². The Kier molecular flexibility index (Phi) is 5.07. The molecule has 0 saturated carbocycles. The molecule has 1 aromatic carbocycles. The summed E-state index contributed by atoms with van der Waals surface area (Å²) in [7, 11) is -4.79. The second-order valence-electron chi connectivity index (χ2n) is 4.88. The summed E-state index contributed by atoms with van der Waals surface area (Å²) in [5.74, 6) is -1.49. The lowest BCUT2D eigenvalue weighted by atomic mass is 10.1. The van der Waals surface area contributed by atoms with E-state index in [1.54, 1.807) is 35.2 Å². The molecular weight excluding hydrogens is 351 g/mol. The molecule has 0 spiro atoms. The number of carbonyl (C=O) groups excluding carboxylic acids is 1. The van der Waals surface area contributed by atoms with Crippen molar-refractivity contribution < 1.29 is 35.3 Å². The van der Waals surface area contributed by atoms with Crippen LogP contribution in [0.5, 0.6) is 0 Å². The largest absolute Gasteiger partial charge is 0.534 e. The van der Waals surface area contributed by atoms with Crippen LogP contribution in [0.4, 0.5) is 18.9 Å². The van der Waals surface area contributed by atoms with Gasteiger partial charge in [-0.05, 0) is 12.1 Å². The normalized spacial score (nSPS) is 16.1. The number of esters is 1. The first kappa shape index (κ1) is 18.1.